The first-order chi connectivity index (χ1) is 8.81. The smallest absolute Gasteiger partial charge is 0.120 e. The second-order valence-electron chi connectivity index (χ2n) is 4.28. The molecule has 18 heavy (non-hydrogen) atoms. The number of aryl methyl sites for hydroxylation is 1. The van der Waals surface area contributed by atoms with Crippen LogP contribution in [0.1, 0.15) is 19.4 Å². The third-order valence-electron chi connectivity index (χ3n) is 2.81. The second-order valence-corrected chi connectivity index (χ2v) is 4.28. The molecule has 1 saturated heterocycles. The Balaban J connectivity index is 0.000000574. The van der Waals surface area contributed by atoms with Crippen LogP contribution in [0, 0.1) is 6.92 Å². The molecule has 1 aliphatic heterocycles. The van der Waals surface area contributed by atoms with Crippen molar-refractivity contribution in [1.29, 1.82) is 0 Å². The predicted molar refractivity (Wildman–Crippen MR) is 75.3 cm³/mol. The summed E-state index contributed by atoms with van der Waals surface area (Å²) >= 11 is 0. The molecule has 0 saturated carbocycles. The van der Waals surface area contributed by atoms with Crippen LogP contribution < -0.4 is 4.74 Å². The molecule has 2 heteroatoms. The summed E-state index contributed by atoms with van der Waals surface area (Å²) in [6.45, 7) is 7.61. The number of hydrogen-bond acceptors (Lipinski definition) is 2. The van der Waals surface area contributed by atoms with E-state index >= 15 is 0 Å². The van der Waals surface area contributed by atoms with Crippen molar-refractivity contribution >= 4 is 10.8 Å². The van der Waals surface area contributed by atoms with Crippen LogP contribution in [-0.4, -0.2) is 19.3 Å². The van der Waals surface area contributed by atoms with Crippen LogP contribution in [0.15, 0.2) is 36.4 Å². The average Bonchev–Trinajstić information content (AvgIpc) is 3.23. The highest BCUT2D eigenvalue weighted by molar-refractivity contribution is 5.84. The summed E-state index contributed by atoms with van der Waals surface area (Å²) in [6.07, 6.45) is 0.314. The lowest BCUT2D eigenvalue weighted by Gasteiger charge is -2.06. The minimum atomic E-state index is 0.314. The van der Waals surface area contributed by atoms with Gasteiger partial charge < -0.3 is 9.47 Å². The first kappa shape index (κ1) is 12.9. The van der Waals surface area contributed by atoms with Gasteiger partial charge in [0.15, 0.2) is 0 Å². The van der Waals surface area contributed by atoms with Gasteiger partial charge in [0.05, 0.1) is 6.61 Å². The number of benzene rings is 2. The zero-order chi connectivity index (χ0) is 13.0. The van der Waals surface area contributed by atoms with Crippen LogP contribution in [0.3, 0.4) is 0 Å². The summed E-state index contributed by atoms with van der Waals surface area (Å²) in [7, 11) is 0. The van der Waals surface area contributed by atoms with Gasteiger partial charge in [0.25, 0.3) is 0 Å². The van der Waals surface area contributed by atoms with Crippen molar-refractivity contribution < 1.29 is 9.47 Å². The van der Waals surface area contributed by atoms with Gasteiger partial charge in [0.2, 0.25) is 0 Å². The molecule has 2 aromatic carbocycles. The fourth-order valence-corrected chi connectivity index (χ4v) is 1.79. The molecule has 96 valence electrons. The lowest BCUT2D eigenvalue weighted by atomic mass is 10.1. The van der Waals surface area contributed by atoms with Crippen molar-refractivity contribution in [1.82, 2.24) is 0 Å². The van der Waals surface area contributed by atoms with Crippen LogP contribution >= 0.6 is 0 Å². The SMILES string of the molecule is CC.Cc1ccc2cc(OCC3CO3)ccc2c1. The largest absolute Gasteiger partial charge is 0.491 e. The molecule has 0 aromatic heterocycles. The van der Waals surface area contributed by atoms with E-state index in [9.17, 15) is 0 Å². The molecule has 1 heterocycles. The van der Waals surface area contributed by atoms with E-state index in [1.165, 1.54) is 16.3 Å². The van der Waals surface area contributed by atoms with Crippen molar-refractivity contribution in [2.45, 2.75) is 26.9 Å². The molecule has 1 aliphatic rings. The Bertz CT molecular complexity index is 515. The van der Waals surface area contributed by atoms with Gasteiger partial charge >= 0.3 is 0 Å². The van der Waals surface area contributed by atoms with Gasteiger partial charge in [-0.1, -0.05) is 43.7 Å². The quantitative estimate of drug-likeness (QED) is 0.762. The molecule has 0 bridgehead atoms. The van der Waals surface area contributed by atoms with Crippen molar-refractivity contribution in [3.05, 3.63) is 42.0 Å². The van der Waals surface area contributed by atoms with Crippen molar-refractivity contribution in [2.24, 2.45) is 0 Å². The molecular weight excluding hydrogens is 224 g/mol. The maximum absolute atomic E-state index is 5.64. The van der Waals surface area contributed by atoms with Gasteiger partial charge in [-0.15, -0.1) is 0 Å². The highest BCUT2D eigenvalue weighted by atomic mass is 16.6. The predicted octanol–water partition coefficient (Wildman–Crippen LogP) is 3.95. The van der Waals surface area contributed by atoms with Crippen molar-refractivity contribution in [3.63, 3.8) is 0 Å². The highest BCUT2D eigenvalue weighted by Gasteiger charge is 2.22. The maximum atomic E-state index is 5.64. The van der Waals surface area contributed by atoms with E-state index < -0.39 is 0 Å². The van der Waals surface area contributed by atoms with E-state index in [1.54, 1.807) is 0 Å². The molecule has 2 nitrogen and oxygen atoms in total. The monoisotopic (exact) mass is 244 g/mol. The molecule has 1 unspecified atom stereocenters. The highest BCUT2D eigenvalue weighted by Crippen LogP contribution is 2.22. The average molecular weight is 244 g/mol. The summed E-state index contributed by atoms with van der Waals surface area (Å²) in [6, 6.07) is 12.6. The Morgan fingerprint density at radius 2 is 1.78 bits per heavy atom. The standard InChI is InChI=1S/C14H14O2.C2H6/c1-10-2-3-12-7-13(5-4-11(12)6-10)15-8-14-9-16-14;1-2/h2-7,14H,8-9H2,1H3;1-2H3. The van der Waals surface area contributed by atoms with Gasteiger partial charge in [-0.25, -0.2) is 0 Å². The van der Waals surface area contributed by atoms with Gasteiger partial charge in [-0.05, 0) is 29.8 Å². The Labute approximate surface area is 109 Å². The molecule has 0 aliphatic carbocycles. The molecular formula is C16H20O2. The summed E-state index contributed by atoms with van der Waals surface area (Å²) in [4.78, 5) is 0. The van der Waals surface area contributed by atoms with E-state index in [1.807, 2.05) is 19.9 Å². The van der Waals surface area contributed by atoms with Crippen molar-refractivity contribution in [2.75, 3.05) is 13.2 Å². The van der Waals surface area contributed by atoms with Crippen LogP contribution in [-0.2, 0) is 4.74 Å². The normalized spacial score (nSPS) is 16.9. The number of ether oxygens (including phenoxy) is 2. The van der Waals surface area contributed by atoms with Gasteiger partial charge in [0, 0.05) is 0 Å². The minimum absolute atomic E-state index is 0.314. The summed E-state index contributed by atoms with van der Waals surface area (Å²) in [5.41, 5.74) is 1.28. The zero-order valence-electron chi connectivity index (χ0n) is 11.3. The van der Waals surface area contributed by atoms with Gasteiger partial charge in [-0.3, -0.25) is 0 Å². The molecule has 0 radical (unpaired) electrons. The van der Waals surface area contributed by atoms with Crippen LogP contribution in [0.5, 0.6) is 5.75 Å². The zero-order valence-corrected chi connectivity index (χ0v) is 11.3. The van der Waals surface area contributed by atoms with Gasteiger partial charge in [-0.2, -0.15) is 0 Å². The molecule has 1 fully saturated rings. The lowest BCUT2D eigenvalue weighted by Crippen LogP contribution is -2.03. The maximum Gasteiger partial charge on any atom is 0.120 e. The van der Waals surface area contributed by atoms with E-state index in [0.717, 1.165) is 12.4 Å². The first-order valence-corrected chi connectivity index (χ1v) is 6.56. The van der Waals surface area contributed by atoms with Crippen LogP contribution in [0.4, 0.5) is 0 Å². The molecule has 1 atom stereocenters. The van der Waals surface area contributed by atoms with Crippen molar-refractivity contribution in [3.8, 4) is 5.75 Å². The number of rotatable bonds is 3. The minimum Gasteiger partial charge on any atom is -0.491 e. The van der Waals surface area contributed by atoms with E-state index in [0.29, 0.717) is 12.7 Å². The van der Waals surface area contributed by atoms with Crippen LogP contribution in [0.25, 0.3) is 10.8 Å². The summed E-state index contributed by atoms with van der Waals surface area (Å²) in [5, 5.41) is 2.48. The molecule has 2 aromatic rings. The van der Waals surface area contributed by atoms with E-state index in [4.69, 9.17) is 9.47 Å². The number of epoxide rings is 1. The fraction of sp³-hybridized carbons (Fsp3) is 0.375. The third kappa shape index (κ3) is 3.23. The Kier molecular flexibility index (Phi) is 4.21. The fourth-order valence-electron chi connectivity index (χ4n) is 1.79. The Morgan fingerprint density at radius 1 is 1.11 bits per heavy atom. The molecule has 0 N–H and O–H groups in total. The summed E-state index contributed by atoms with van der Waals surface area (Å²) < 4.78 is 10.8. The van der Waals surface area contributed by atoms with Gasteiger partial charge in [0.1, 0.15) is 18.5 Å². The first-order valence-electron chi connectivity index (χ1n) is 6.56. The lowest BCUT2D eigenvalue weighted by molar-refractivity contribution is 0.263. The van der Waals surface area contributed by atoms with E-state index in [2.05, 4.69) is 37.3 Å². The molecule has 3 rings (SSSR count). The van der Waals surface area contributed by atoms with Crippen LogP contribution in [0.2, 0.25) is 0 Å². The molecule has 0 amide bonds. The topological polar surface area (TPSA) is 21.8 Å². The Morgan fingerprint density at radius 3 is 2.50 bits per heavy atom. The second kappa shape index (κ2) is 5.87. The Hall–Kier alpha value is -1.54. The number of hydrogen-bond donors (Lipinski definition) is 0. The molecule has 0 spiro atoms. The van der Waals surface area contributed by atoms with E-state index in [-0.39, 0.29) is 0 Å². The summed E-state index contributed by atoms with van der Waals surface area (Å²) in [5.74, 6) is 0.923. The number of fused-ring (bicyclic) bond motifs is 1. The third-order valence-corrected chi connectivity index (χ3v) is 2.81.